The highest BCUT2D eigenvalue weighted by atomic mass is 16.3. The molecule has 20 heavy (non-hydrogen) atoms. The number of benzene rings is 1. The van der Waals surface area contributed by atoms with Crippen molar-refractivity contribution in [2.24, 2.45) is 5.84 Å². The summed E-state index contributed by atoms with van der Waals surface area (Å²) in [6, 6.07) is 9.48. The molecule has 0 saturated carbocycles. The first kappa shape index (κ1) is 13.6. The molecule has 5 N–H and O–H groups in total. The Kier molecular flexibility index (Phi) is 4.35. The summed E-state index contributed by atoms with van der Waals surface area (Å²) in [5.41, 5.74) is 3.00. The highest BCUT2D eigenvalue weighted by molar-refractivity contribution is 5.95. The minimum atomic E-state index is -0.390. The molecule has 7 heteroatoms. The van der Waals surface area contributed by atoms with Gasteiger partial charge in [0.05, 0.1) is 12.8 Å². The van der Waals surface area contributed by atoms with Gasteiger partial charge in [0.15, 0.2) is 0 Å². The van der Waals surface area contributed by atoms with Crippen molar-refractivity contribution in [2.75, 3.05) is 5.32 Å². The molecule has 0 atom stereocenters. The molecule has 1 heterocycles. The Morgan fingerprint density at radius 1 is 1.15 bits per heavy atom. The number of nitrogen functional groups attached to an aromatic ring is 1. The van der Waals surface area contributed by atoms with Crippen molar-refractivity contribution in [3.63, 3.8) is 0 Å². The third-order valence-electron chi connectivity index (χ3n) is 2.54. The molecule has 0 spiro atoms. The zero-order valence-electron chi connectivity index (χ0n) is 10.6. The quantitative estimate of drug-likeness (QED) is 0.381. The van der Waals surface area contributed by atoms with Crippen LogP contribution in [0, 0.1) is 0 Å². The van der Waals surface area contributed by atoms with Crippen molar-refractivity contribution in [1.82, 2.24) is 10.7 Å². The van der Waals surface area contributed by atoms with Crippen molar-refractivity contribution < 1.29 is 14.0 Å². The molecular weight excluding hydrogens is 260 g/mol. The van der Waals surface area contributed by atoms with Crippen LogP contribution in [-0.4, -0.2) is 11.9 Å². The van der Waals surface area contributed by atoms with E-state index in [4.69, 9.17) is 10.3 Å². The first-order chi connectivity index (χ1) is 9.69. The minimum absolute atomic E-state index is 0.298. The first-order valence-corrected chi connectivity index (χ1v) is 5.87. The molecule has 0 aliphatic heterocycles. The molecule has 0 saturated heterocycles. The number of carbonyl (C=O) groups excluding carboxylic acids is 2. The van der Waals surface area contributed by atoms with E-state index in [1.807, 2.05) is 5.43 Å². The van der Waals surface area contributed by atoms with Crippen LogP contribution >= 0.6 is 0 Å². The van der Waals surface area contributed by atoms with E-state index in [0.717, 1.165) is 0 Å². The van der Waals surface area contributed by atoms with E-state index in [1.54, 1.807) is 36.4 Å². The fraction of sp³-hybridized carbons (Fsp3) is 0.0769. The predicted molar refractivity (Wildman–Crippen MR) is 72.7 cm³/mol. The van der Waals surface area contributed by atoms with Crippen molar-refractivity contribution >= 4 is 17.6 Å². The summed E-state index contributed by atoms with van der Waals surface area (Å²) in [6.07, 6.45) is 1.54. The van der Waals surface area contributed by atoms with Gasteiger partial charge in [0.1, 0.15) is 5.76 Å². The summed E-state index contributed by atoms with van der Waals surface area (Å²) in [5, 5.41) is 5.27. The highest BCUT2D eigenvalue weighted by Gasteiger charge is 2.05. The third-order valence-corrected chi connectivity index (χ3v) is 2.54. The lowest BCUT2D eigenvalue weighted by Gasteiger charge is -2.07. The van der Waals surface area contributed by atoms with E-state index in [2.05, 4.69) is 10.6 Å². The number of amides is 3. The number of hydrogen-bond donors (Lipinski definition) is 4. The van der Waals surface area contributed by atoms with Gasteiger partial charge in [-0.25, -0.2) is 10.6 Å². The zero-order valence-corrected chi connectivity index (χ0v) is 10.6. The van der Waals surface area contributed by atoms with Crippen LogP contribution in [0.4, 0.5) is 10.5 Å². The number of nitrogens with two attached hydrogens (primary N) is 1. The largest absolute Gasteiger partial charge is 0.467 e. The molecule has 0 fully saturated rings. The van der Waals surface area contributed by atoms with Crippen LogP contribution in [0.3, 0.4) is 0 Å². The van der Waals surface area contributed by atoms with Gasteiger partial charge < -0.3 is 15.1 Å². The third kappa shape index (κ3) is 3.59. The Hall–Kier alpha value is -2.80. The zero-order chi connectivity index (χ0) is 14.4. The number of urea groups is 1. The van der Waals surface area contributed by atoms with E-state index in [1.165, 1.54) is 6.26 Å². The van der Waals surface area contributed by atoms with Crippen LogP contribution < -0.4 is 21.9 Å². The van der Waals surface area contributed by atoms with Gasteiger partial charge in [0, 0.05) is 11.3 Å². The fourth-order valence-electron chi connectivity index (χ4n) is 1.54. The average molecular weight is 274 g/mol. The standard InChI is InChI=1S/C13H14N4O3/c14-17-12(18)9-3-5-10(6-4-9)16-13(19)15-8-11-2-1-7-20-11/h1-7H,8,14H2,(H,17,18)(H2,15,16,19). The van der Waals surface area contributed by atoms with Gasteiger partial charge in [-0.05, 0) is 36.4 Å². The van der Waals surface area contributed by atoms with Crippen LogP contribution in [-0.2, 0) is 6.54 Å². The molecule has 0 unspecified atom stereocenters. The van der Waals surface area contributed by atoms with Crippen LogP contribution in [0.15, 0.2) is 47.1 Å². The SMILES string of the molecule is NNC(=O)c1ccc(NC(=O)NCc2ccco2)cc1. The van der Waals surface area contributed by atoms with Crippen molar-refractivity contribution in [3.8, 4) is 0 Å². The van der Waals surface area contributed by atoms with Gasteiger partial charge in [0.2, 0.25) is 0 Å². The maximum absolute atomic E-state index is 11.6. The molecule has 0 radical (unpaired) electrons. The van der Waals surface area contributed by atoms with Crippen LogP contribution in [0.2, 0.25) is 0 Å². The average Bonchev–Trinajstić information content (AvgIpc) is 2.98. The Balaban J connectivity index is 1.86. The molecule has 1 aromatic heterocycles. The monoisotopic (exact) mass is 274 g/mol. The number of hydrogen-bond acceptors (Lipinski definition) is 4. The maximum atomic E-state index is 11.6. The lowest BCUT2D eigenvalue weighted by atomic mass is 10.2. The number of rotatable bonds is 4. The van der Waals surface area contributed by atoms with E-state index >= 15 is 0 Å². The number of carbonyl (C=O) groups is 2. The molecule has 1 aromatic carbocycles. The molecule has 0 bridgehead atoms. The van der Waals surface area contributed by atoms with E-state index in [9.17, 15) is 9.59 Å². The molecule has 7 nitrogen and oxygen atoms in total. The molecule has 0 aliphatic carbocycles. The second-order valence-corrected chi connectivity index (χ2v) is 3.94. The normalized spacial score (nSPS) is 9.85. The van der Waals surface area contributed by atoms with Crippen LogP contribution in [0.1, 0.15) is 16.1 Å². The highest BCUT2D eigenvalue weighted by Crippen LogP contribution is 2.09. The van der Waals surface area contributed by atoms with Gasteiger partial charge in [0.25, 0.3) is 5.91 Å². The van der Waals surface area contributed by atoms with Gasteiger partial charge in [-0.3, -0.25) is 10.2 Å². The second kappa shape index (κ2) is 6.39. The molecule has 3 amide bonds. The topological polar surface area (TPSA) is 109 Å². The van der Waals surface area contributed by atoms with Crippen molar-refractivity contribution in [2.45, 2.75) is 6.54 Å². The number of anilines is 1. The lowest BCUT2D eigenvalue weighted by molar-refractivity contribution is 0.0953. The molecular formula is C13H14N4O3. The first-order valence-electron chi connectivity index (χ1n) is 5.87. The summed E-state index contributed by atoms with van der Waals surface area (Å²) in [4.78, 5) is 22.9. The Labute approximate surface area is 115 Å². The summed E-state index contributed by atoms with van der Waals surface area (Å²) in [7, 11) is 0. The number of nitrogens with one attached hydrogen (secondary N) is 3. The summed E-state index contributed by atoms with van der Waals surface area (Å²) in [6.45, 7) is 0.298. The number of hydrazine groups is 1. The van der Waals surface area contributed by atoms with Crippen molar-refractivity contribution in [3.05, 3.63) is 54.0 Å². The summed E-state index contributed by atoms with van der Waals surface area (Å²) < 4.78 is 5.09. The lowest BCUT2D eigenvalue weighted by Crippen LogP contribution is -2.30. The fourth-order valence-corrected chi connectivity index (χ4v) is 1.54. The maximum Gasteiger partial charge on any atom is 0.319 e. The van der Waals surface area contributed by atoms with E-state index in [-0.39, 0.29) is 11.9 Å². The second-order valence-electron chi connectivity index (χ2n) is 3.94. The van der Waals surface area contributed by atoms with E-state index in [0.29, 0.717) is 23.6 Å². The van der Waals surface area contributed by atoms with Gasteiger partial charge in [-0.2, -0.15) is 0 Å². The van der Waals surface area contributed by atoms with Gasteiger partial charge in [-0.1, -0.05) is 0 Å². The van der Waals surface area contributed by atoms with Crippen LogP contribution in [0.25, 0.3) is 0 Å². The van der Waals surface area contributed by atoms with Gasteiger partial charge >= 0.3 is 6.03 Å². The van der Waals surface area contributed by atoms with Gasteiger partial charge in [-0.15, -0.1) is 0 Å². The smallest absolute Gasteiger partial charge is 0.319 e. The molecule has 0 aliphatic rings. The Bertz CT molecular complexity index is 578. The Morgan fingerprint density at radius 3 is 2.50 bits per heavy atom. The molecule has 2 aromatic rings. The molecule has 104 valence electrons. The minimum Gasteiger partial charge on any atom is -0.467 e. The summed E-state index contributed by atoms with van der Waals surface area (Å²) in [5.74, 6) is 5.29. The molecule has 2 rings (SSSR count). The summed E-state index contributed by atoms with van der Waals surface area (Å²) >= 11 is 0. The predicted octanol–water partition coefficient (Wildman–Crippen LogP) is 1.20. The Morgan fingerprint density at radius 2 is 1.90 bits per heavy atom. The van der Waals surface area contributed by atoms with Crippen molar-refractivity contribution in [1.29, 1.82) is 0 Å². The van der Waals surface area contributed by atoms with E-state index < -0.39 is 0 Å². The number of furan rings is 1. The van der Waals surface area contributed by atoms with Crippen LogP contribution in [0.5, 0.6) is 0 Å².